The van der Waals surface area contributed by atoms with Crippen LogP contribution < -0.4 is 16.0 Å². The van der Waals surface area contributed by atoms with E-state index in [4.69, 9.17) is 5.14 Å². The first-order chi connectivity index (χ1) is 8.20. The summed E-state index contributed by atoms with van der Waals surface area (Å²) in [6.07, 6.45) is 0. The summed E-state index contributed by atoms with van der Waals surface area (Å²) < 4.78 is 21.6. The largest absolute Gasteiger partial charge is 0.310 e. The third-order valence-electron chi connectivity index (χ3n) is 2.53. The van der Waals surface area contributed by atoms with Crippen molar-refractivity contribution in [3.05, 3.63) is 27.4 Å². The molecule has 0 aliphatic heterocycles. The van der Waals surface area contributed by atoms with Crippen molar-refractivity contribution in [3.63, 3.8) is 0 Å². The van der Waals surface area contributed by atoms with Crippen LogP contribution in [-0.2, 0) is 10.0 Å². The van der Waals surface area contributed by atoms with E-state index in [1.54, 1.807) is 20.8 Å². The highest BCUT2D eigenvalue weighted by molar-refractivity contribution is 7.89. The summed E-state index contributed by atoms with van der Waals surface area (Å²) >= 11 is 0. The quantitative estimate of drug-likeness (QED) is 0.658. The zero-order chi connectivity index (χ0) is 13.9. The zero-order valence-corrected chi connectivity index (χ0v) is 11.5. The van der Waals surface area contributed by atoms with E-state index in [2.05, 4.69) is 15.3 Å². The molecule has 102 valence electrons. The fourth-order valence-corrected chi connectivity index (χ4v) is 2.17. The molecule has 18 heavy (non-hydrogen) atoms. The van der Waals surface area contributed by atoms with Crippen molar-refractivity contribution in [2.24, 2.45) is 5.14 Å². The fourth-order valence-electron chi connectivity index (χ4n) is 1.77. The number of H-pyrrole nitrogens is 1. The van der Waals surface area contributed by atoms with Crippen LogP contribution >= 0.6 is 0 Å². The average Bonchev–Trinajstić information content (AvgIpc) is 2.13. The Labute approximate surface area is 106 Å². The highest BCUT2D eigenvalue weighted by Crippen LogP contribution is 2.10. The minimum Gasteiger partial charge on any atom is -0.310 e. The number of aromatic nitrogens is 2. The molecule has 0 fully saturated rings. The van der Waals surface area contributed by atoms with Gasteiger partial charge in [-0.1, -0.05) is 0 Å². The Morgan fingerprint density at radius 3 is 2.56 bits per heavy atom. The summed E-state index contributed by atoms with van der Waals surface area (Å²) in [6, 6.07) is -0.288. The summed E-state index contributed by atoms with van der Waals surface area (Å²) in [5.41, 5.74) is 0.928. The number of primary sulfonamides is 1. The first-order valence-corrected chi connectivity index (χ1v) is 7.23. The molecule has 8 heteroatoms. The van der Waals surface area contributed by atoms with Crippen molar-refractivity contribution in [1.82, 2.24) is 15.3 Å². The summed E-state index contributed by atoms with van der Waals surface area (Å²) in [5.74, 6) is 0.381. The van der Waals surface area contributed by atoms with Crippen LogP contribution in [0.25, 0.3) is 0 Å². The smallest absolute Gasteiger partial charge is 0.255 e. The molecule has 0 saturated heterocycles. The zero-order valence-electron chi connectivity index (χ0n) is 10.6. The van der Waals surface area contributed by atoms with E-state index in [0.717, 1.165) is 0 Å². The Kier molecular flexibility index (Phi) is 4.60. The molecule has 0 aromatic carbocycles. The van der Waals surface area contributed by atoms with E-state index in [9.17, 15) is 13.2 Å². The molecule has 0 amide bonds. The molecule has 0 saturated carbocycles. The van der Waals surface area contributed by atoms with E-state index < -0.39 is 10.0 Å². The Balaban J connectivity index is 2.79. The predicted molar refractivity (Wildman–Crippen MR) is 68.7 cm³/mol. The number of sulfonamides is 1. The second-order valence-electron chi connectivity index (χ2n) is 4.19. The van der Waals surface area contributed by atoms with Gasteiger partial charge in [0.1, 0.15) is 5.82 Å². The van der Waals surface area contributed by atoms with E-state index in [-0.39, 0.29) is 23.9 Å². The van der Waals surface area contributed by atoms with Crippen molar-refractivity contribution < 1.29 is 8.42 Å². The summed E-state index contributed by atoms with van der Waals surface area (Å²) in [4.78, 5) is 18.6. The summed E-state index contributed by atoms with van der Waals surface area (Å²) in [5, 5.41) is 7.83. The van der Waals surface area contributed by atoms with Crippen LogP contribution in [0.2, 0.25) is 0 Å². The lowest BCUT2D eigenvalue weighted by Crippen LogP contribution is -2.32. The standard InChI is InChI=1S/C10H18N4O3S/c1-6(12-4-5-18(11,16)17)9-7(2)13-8(3)14-10(9)15/h6,12H,4-5H2,1-3H3,(H2,11,16,17)(H,13,14,15). The molecule has 0 radical (unpaired) electrons. The van der Waals surface area contributed by atoms with Crippen LogP contribution in [0.1, 0.15) is 30.0 Å². The summed E-state index contributed by atoms with van der Waals surface area (Å²) in [7, 11) is -3.49. The molecule has 0 bridgehead atoms. The normalized spacial score (nSPS) is 13.6. The lowest BCUT2D eigenvalue weighted by molar-refractivity contribution is 0.566. The highest BCUT2D eigenvalue weighted by atomic mass is 32.2. The number of nitrogens with two attached hydrogens (primary N) is 1. The molecule has 1 heterocycles. The SMILES string of the molecule is Cc1nc(C)c(C(C)NCCS(N)(=O)=O)c(=O)[nH]1. The van der Waals surface area contributed by atoms with Crippen LogP contribution in [0.4, 0.5) is 0 Å². The fraction of sp³-hybridized carbons (Fsp3) is 0.600. The third-order valence-corrected chi connectivity index (χ3v) is 3.31. The monoisotopic (exact) mass is 274 g/mol. The van der Waals surface area contributed by atoms with Crippen LogP contribution in [0.5, 0.6) is 0 Å². The van der Waals surface area contributed by atoms with Crippen molar-refractivity contribution in [1.29, 1.82) is 0 Å². The van der Waals surface area contributed by atoms with E-state index in [0.29, 0.717) is 17.1 Å². The van der Waals surface area contributed by atoms with Gasteiger partial charge >= 0.3 is 0 Å². The van der Waals surface area contributed by atoms with Crippen molar-refractivity contribution in [2.75, 3.05) is 12.3 Å². The summed E-state index contributed by atoms with van der Waals surface area (Å²) in [6.45, 7) is 5.41. The van der Waals surface area contributed by atoms with Gasteiger partial charge < -0.3 is 10.3 Å². The Hall–Kier alpha value is -1.25. The van der Waals surface area contributed by atoms with Crippen molar-refractivity contribution in [3.8, 4) is 0 Å². The molecule has 1 atom stereocenters. The molecule has 1 aromatic rings. The van der Waals surface area contributed by atoms with Gasteiger partial charge in [0.05, 0.1) is 11.3 Å². The number of aromatic amines is 1. The van der Waals surface area contributed by atoms with Gasteiger partial charge in [-0.15, -0.1) is 0 Å². The maximum atomic E-state index is 11.8. The number of rotatable bonds is 5. The molecular weight excluding hydrogens is 256 g/mol. The first-order valence-electron chi connectivity index (χ1n) is 5.52. The van der Waals surface area contributed by atoms with Crippen LogP contribution in [-0.4, -0.2) is 30.7 Å². The molecule has 1 unspecified atom stereocenters. The molecule has 1 rings (SSSR count). The average molecular weight is 274 g/mol. The predicted octanol–water partition coefficient (Wildman–Crippen LogP) is -0.674. The lowest BCUT2D eigenvalue weighted by atomic mass is 10.1. The minimum absolute atomic E-state index is 0.173. The number of nitrogens with zero attached hydrogens (tertiary/aromatic N) is 1. The van der Waals surface area contributed by atoms with Gasteiger partial charge in [0.25, 0.3) is 5.56 Å². The molecule has 1 aromatic heterocycles. The van der Waals surface area contributed by atoms with Gasteiger partial charge in [0.15, 0.2) is 0 Å². The maximum absolute atomic E-state index is 11.8. The topological polar surface area (TPSA) is 118 Å². The minimum atomic E-state index is -3.49. The number of aryl methyl sites for hydroxylation is 2. The lowest BCUT2D eigenvalue weighted by Gasteiger charge is -2.14. The first kappa shape index (κ1) is 14.8. The van der Waals surface area contributed by atoms with Crippen molar-refractivity contribution in [2.45, 2.75) is 26.8 Å². The van der Waals surface area contributed by atoms with Crippen LogP contribution in [0.15, 0.2) is 4.79 Å². The molecule has 4 N–H and O–H groups in total. The Morgan fingerprint density at radius 2 is 2.06 bits per heavy atom. The van der Waals surface area contributed by atoms with Gasteiger partial charge in [-0.25, -0.2) is 18.5 Å². The second kappa shape index (κ2) is 5.59. The Bertz CT molecular complexity index is 579. The van der Waals surface area contributed by atoms with Gasteiger partial charge in [0, 0.05) is 18.3 Å². The van der Waals surface area contributed by atoms with Crippen LogP contribution in [0.3, 0.4) is 0 Å². The molecule has 0 aliphatic carbocycles. The second-order valence-corrected chi connectivity index (χ2v) is 5.93. The molecule has 0 spiro atoms. The van der Waals surface area contributed by atoms with Gasteiger partial charge in [-0.2, -0.15) is 0 Å². The van der Waals surface area contributed by atoms with E-state index in [1.165, 1.54) is 0 Å². The van der Waals surface area contributed by atoms with E-state index >= 15 is 0 Å². The van der Waals surface area contributed by atoms with Crippen LogP contribution in [0, 0.1) is 13.8 Å². The van der Waals surface area contributed by atoms with Gasteiger partial charge in [-0.3, -0.25) is 4.79 Å². The number of hydrogen-bond acceptors (Lipinski definition) is 5. The molecule has 7 nitrogen and oxygen atoms in total. The number of hydrogen-bond donors (Lipinski definition) is 3. The number of nitrogens with one attached hydrogen (secondary N) is 2. The Morgan fingerprint density at radius 1 is 1.44 bits per heavy atom. The van der Waals surface area contributed by atoms with E-state index in [1.807, 2.05) is 0 Å². The highest BCUT2D eigenvalue weighted by Gasteiger charge is 2.14. The van der Waals surface area contributed by atoms with Gasteiger partial charge in [0.2, 0.25) is 10.0 Å². The molecular formula is C10H18N4O3S. The van der Waals surface area contributed by atoms with Gasteiger partial charge in [-0.05, 0) is 20.8 Å². The third kappa shape index (κ3) is 4.21. The molecule has 0 aliphatic rings. The van der Waals surface area contributed by atoms with Crippen molar-refractivity contribution >= 4 is 10.0 Å². The maximum Gasteiger partial charge on any atom is 0.255 e.